The fourth-order valence-electron chi connectivity index (χ4n) is 3.92. The number of carboxylic acids is 2. The number of hydrogen-bond acceptors (Lipinski definition) is 10. The molecule has 1 aromatic heterocycles. The average Bonchev–Trinajstić information content (AvgIpc) is 3.65. The van der Waals surface area contributed by atoms with Gasteiger partial charge in [0, 0.05) is 15.8 Å². The predicted octanol–water partition coefficient (Wildman–Crippen LogP) is 3.87. The smallest absolute Gasteiger partial charge is 0.349 e. The second kappa shape index (κ2) is 14.7. The number of methoxy groups -OCH3 is 1. The molecule has 0 radical (unpaired) electrons. The van der Waals surface area contributed by atoms with E-state index < -0.39 is 36.1 Å². The number of esters is 3. The van der Waals surface area contributed by atoms with Crippen LogP contribution in [0, 0.1) is 6.92 Å². The van der Waals surface area contributed by atoms with E-state index in [-0.39, 0.29) is 17.1 Å². The highest BCUT2D eigenvalue weighted by Gasteiger charge is 2.41. The first-order valence-corrected chi connectivity index (χ1v) is 13.3. The molecule has 1 saturated heterocycles. The highest BCUT2D eigenvalue weighted by Crippen LogP contribution is 2.32. The number of carbonyl (C=O) groups is 5. The molecule has 12 heteroatoms. The van der Waals surface area contributed by atoms with Gasteiger partial charge >= 0.3 is 29.8 Å². The van der Waals surface area contributed by atoms with Crippen LogP contribution in [0.2, 0.25) is 0 Å². The van der Waals surface area contributed by atoms with Gasteiger partial charge in [0.1, 0.15) is 0 Å². The number of nitrogens with one attached hydrogen (secondary N) is 1. The number of ether oxygens (including phenoxy) is 3. The number of aryl methyl sites for hydroxylation is 1. The van der Waals surface area contributed by atoms with E-state index >= 15 is 0 Å². The Balaban J connectivity index is 0.000000260. The Bertz CT molecular complexity index is 1300. The normalized spacial score (nSPS) is 15.4. The van der Waals surface area contributed by atoms with Crippen LogP contribution in [0.3, 0.4) is 0 Å². The lowest BCUT2D eigenvalue weighted by atomic mass is 10.1. The van der Waals surface area contributed by atoms with Crippen LogP contribution < -0.4 is 5.32 Å². The average molecular weight is 584 g/mol. The third-order valence-electron chi connectivity index (χ3n) is 5.99. The fourth-order valence-corrected chi connectivity index (χ4v) is 5.04. The first-order chi connectivity index (χ1) is 19.6. The lowest BCUT2D eigenvalue weighted by Crippen LogP contribution is -2.45. The monoisotopic (exact) mass is 583 g/mol. The first-order valence-electron chi connectivity index (χ1n) is 12.5. The highest BCUT2D eigenvalue weighted by atomic mass is 32.1. The summed E-state index contributed by atoms with van der Waals surface area (Å²) in [7, 11) is 1.42. The zero-order chi connectivity index (χ0) is 29.9. The minimum absolute atomic E-state index is 0.0253. The van der Waals surface area contributed by atoms with Gasteiger partial charge in [0.2, 0.25) is 12.2 Å². The Labute approximate surface area is 239 Å². The summed E-state index contributed by atoms with van der Waals surface area (Å²) < 4.78 is 14.3. The van der Waals surface area contributed by atoms with E-state index in [2.05, 4.69) is 5.32 Å². The van der Waals surface area contributed by atoms with Gasteiger partial charge in [0.25, 0.3) is 0 Å². The summed E-state index contributed by atoms with van der Waals surface area (Å²) in [6, 6.07) is 17.2. The van der Waals surface area contributed by atoms with Crippen molar-refractivity contribution in [2.24, 2.45) is 0 Å². The van der Waals surface area contributed by atoms with Crippen molar-refractivity contribution < 1.29 is 48.4 Å². The Morgan fingerprint density at radius 2 is 1.32 bits per heavy atom. The molecule has 3 N–H and O–H groups in total. The quantitative estimate of drug-likeness (QED) is 0.247. The van der Waals surface area contributed by atoms with Gasteiger partial charge in [-0.2, -0.15) is 0 Å². The van der Waals surface area contributed by atoms with Crippen LogP contribution in [-0.2, 0) is 23.8 Å². The first kappa shape index (κ1) is 31.0. The maximum Gasteiger partial charge on any atom is 0.349 e. The molecular weight excluding hydrogens is 554 g/mol. The molecule has 41 heavy (non-hydrogen) atoms. The van der Waals surface area contributed by atoms with E-state index in [0.717, 1.165) is 11.4 Å². The second-order valence-electron chi connectivity index (χ2n) is 8.82. The van der Waals surface area contributed by atoms with Gasteiger partial charge < -0.3 is 29.7 Å². The molecule has 3 aromatic rings. The topological polar surface area (TPSA) is 166 Å². The second-order valence-corrected chi connectivity index (χ2v) is 10.1. The molecule has 1 fully saturated rings. The summed E-state index contributed by atoms with van der Waals surface area (Å²) in [6.07, 6.45) is -2.05. The van der Waals surface area contributed by atoms with Crippen LogP contribution in [0.25, 0.3) is 0 Å². The van der Waals surface area contributed by atoms with Crippen LogP contribution in [0.15, 0.2) is 66.7 Å². The van der Waals surface area contributed by atoms with E-state index in [0.29, 0.717) is 11.6 Å². The van der Waals surface area contributed by atoms with Crippen LogP contribution in [-0.4, -0.2) is 65.9 Å². The largest absolute Gasteiger partial charge is 0.478 e. The Morgan fingerprint density at radius 1 is 0.829 bits per heavy atom. The maximum atomic E-state index is 12.0. The summed E-state index contributed by atoms with van der Waals surface area (Å²) in [5, 5.41) is 21.9. The Morgan fingerprint density at radius 3 is 1.71 bits per heavy atom. The van der Waals surface area contributed by atoms with E-state index in [4.69, 9.17) is 14.2 Å². The zero-order valence-corrected chi connectivity index (χ0v) is 23.1. The summed E-state index contributed by atoms with van der Waals surface area (Å²) in [5.74, 6) is -5.86. The minimum Gasteiger partial charge on any atom is -0.478 e. The number of aliphatic carboxylic acids is 2. The third-order valence-corrected chi connectivity index (χ3v) is 7.16. The van der Waals surface area contributed by atoms with E-state index in [1.54, 1.807) is 23.5 Å². The van der Waals surface area contributed by atoms with Crippen LogP contribution in [0.4, 0.5) is 0 Å². The summed E-state index contributed by atoms with van der Waals surface area (Å²) in [5.41, 5.74) is 0.765. The lowest BCUT2D eigenvalue weighted by Gasteiger charge is -2.21. The lowest BCUT2D eigenvalue weighted by molar-refractivity contribution is -0.166. The molecule has 11 nitrogen and oxygen atoms in total. The maximum absolute atomic E-state index is 12.0. The molecule has 216 valence electrons. The Hall–Kier alpha value is -4.55. The van der Waals surface area contributed by atoms with Gasteiger partial charge in [-0.05, 0) is 56.6 Å². The number of hydrogen-bond donors (Lipinski definition) is 3. The molecule has 1 aliphatic heterocycles. The highest BCUT2D eigenvalue weighted by molar-refractivity contribution is 7.12. The predicted molar refractivity (Wildman–Crippen MR) is 147 cm³/mol. The van der Waals surface area contributed by atoms with Gasteiger partial charge in [-0.15, -0.1) is 11.3 Å². The van der Waals surface area contributed by atoms with Gasteiger partial charge in [0.15, 0.2) is 0 Å². The molecule has 0 spiro atoms. The summed E-state index contributed by atoms with van der Waals surface area (Å²) in [6.45, 7) is 3.05. The van der Waals surface area contributed by atoms with Gasteiger partial charge in [0.05, 0.1) is 23.8 Å². The summed E-state index contributed by atoms with van der Waals surface area (Å²) in [4.78, 5) is 60.6. The number of carbonyl (C=O) groups excluding carboxylic acids is 3. The van der Waals surface area contributed by atoms with Crippen LogP contribution >= 0.6 is 11.3 Å². The summed E-state index contributed by atoms with van der Waals surface area (Å²) >= 11 is 1.69. The van der Waals surface area contributed by atoms with E-state index in [1.165, 1.54) is 73.4 Å². The van der Waals surface area contributed by atoms with Crippen LogP contribution in [0.5, 0.6) is 0 Å². The molecule has 0 bridgehead atoms. The molecule has 1 unspecified atom stereocenters. The molecular formula is C29H29NO10S. The van der Waals surface area contributed by atoms with Gasteiger partial charge in [-0.1, -0.05) is 36.4 Å². The number of thiophene rings is 1. The molecule has 2 aromatic carbocycles. The number of carboxylic acid groups (broad SMARTS) is 2. The SMILES string of the molecule is COC(=O)c1cc(C2CCCN2)sc1C.O=C(O[C@@H](C(=O)O)[C@@H](OC(=O)c1ccccc1)C(=O)O)c1ccccc1. The molecule has 4 rings (SSSR count). The third kappa shape index (κ3) is 8.47. The number of benzene rings is 2. The zero-order valence-electron chi connectivity index (χ0n) is 22.3. The molecule has 0 amide bonds. The van der Waals surface area contributed by atoms with E-state index in [1.807, 2.05) is 13.0 Å². The minimum atomic E-state index is -2.21. The van der Waals surface area contributed by atoms with Gasteiger partial charge in [-0.25, -0.2) is 24.0 Å². The van der Waals surface area contributed by atoms with Crippen molar-refractivity contribution in [3.8, 4) is 0 Å². The van der Waals surface area contributed by atoms with Crippen molar-refractivity contribution in [2.45, 2.75) is 38.0 Å². The van der Waals surface area contributed by atoms with Crippen molar-refractivity contribution in [1.29, 1.82) is 0 Å². The molecule has 0 saturated carbocycles. The van der Waals surface area contributed by atoms with Gasteiger partial charge in [-0.3, -0.25) is 0 Å². The Kier molecular flexibility index (Phi) is 11.1. The molecule has 1 aliphatic rings. The fraction of sp³-hybridized carbons (Fsp3) is 0.276. The van der Waals surface area contributed by atoms with Crippen molar-refractivity contribution in [1.82, 2.24) is 5.32 Å². The van der Waals surface area contributed by atoms with Crippen LogP contribution in [0.1, 0.15) is 59.7 Å². The number of rotatable bonds is 9. The molecule has 0 aliphatic carbocycles. The van der Waals surface area contributed by atoms with E-state index in [9.17, 15) is 34.2 Å². The molecule has 2 heterocycles. The van der Waals surface area contributed by atoms with Crippen molar-refractivity contribution in [2.75, 3.05) is 13.7 Å². The van der Waals surface area contributed by atoms with Crippen molar-refractivity contribution in [3.05, 3.63) is 93.2 Å². The molecule has 3 atom stereocenters. The van der Waals surface area contributed by atoms with Crippen molar-refractivity contribution >= 4 is 41.2 Å². The van der Waals surface area contributed by atoms with Crippen molar-refractivity contribution in [3.63, 3.8) is 0 Å². The standard InChI is InChI=1S/C18H14O8.C11H15NO2S/c19-15(20)13(25-17(23)11-7-3-1-4-8-11)14(16(21)22)26-18(24)12-9-5-2-6-10-12;1-7-8(11(13)14-2)6-10(15-7)9-4-3-5-12-9/h1-10,13-14H,(H,19,20)(H,21,22);6,9,12H,3-5H2,1-2H3/t13-,14-;/m1./s1.